The van der Waals surface area contributed by atoms with E-state index in [1.54, 1.807) is 30.3 Å². The maximum absolute atomic E-state index is 14.8. The first-order chi connectivity index (χ1) is 27.1. The van der Waals surface area contributed by atoms with Gasteiger partial charge >= 0.3 is 0 Å². The van der Waals surface area contributed by atoms with E-state index in [-0.39, 0.29) is 45.9 Å². The van der Waals surface area contributed by atoms with Gasteiger partial charge in [0.15, 0.2) is 0 Å². The maximum atomic E-state index is 14.8. The minimum Gasteiger partial charge on any atom is -0.268 e. The van der Waals surface area contributed by atoms with Crippen LogP contribution in [0.3, 0.4) is 0 Å². The van der Waals surface area contributed by atoms with Crippen molar-refractivity contribution in [3.63, 3.8) is 0 Å². The number of fused-ring (bicyclic) bond motifs is 2. The van der Waals surface area contributed by atoms with E-state index < -0.39 is 28.6 Å². The van der Waals surface area contributed by atoms with Crippen LogP contribution in [0.1, 0.15) is 143 Å². The minimum absolute atomic E-state index is 0.0166. The van der Waals surface area contributed by atoms with Gasteiger partial charge in [0.2, 0.25) is 0 Å². The zero-order valence-electron chi connectivity index (χ0n) is 33.1. The first-order valence-electron chi connectivity index (χ1n) is 19.6. The number of amides is 4. The molecule has 0 aliphatic carbocycles. The minimum atomic E-state index is -0.621. The van der Waals surface area contributed by atoms with Crippen LogP contribution in [-0.2, 0) is 0 Å². The smallest absolute Gasteiger partial charge is 0.268 e. The van der Waals surface area contributed by atoms with E-state index in [9.17, 15) is 29.3 Å². The number of non-ortho nitro benzene ring substituents is 1. The van der Waals surface area contributed by atoms with Gasteiger partial charge in [-0.15, -0.1) is 0 Å². The van der Waals surface area contributed by atoms with Crippen molar-refractivity contribution in [3.05, 3.63) is 133 Å². The Hall–Kier alpha value is -6.48. The molecule has 0 atom stereocenters. The number of anilines is 2. The third-order valence-electron chi connectivity index (χ3n) is 12.0. The molecule has 0 saturated carbocycles. The van der Waals surface area contributed by atoms with Crippen LogP contribution in [0, 0.1) is 10.1 Å². The molecule has 4 amide bonds. The fraction of sp³-hybridized carbons (Fsp3) is 0.250. The molecule has 0 bridgehead atoms. The standard InChI is InChI=1S/C48H41N3O6/c1-22(2)26-11-9-12-27(23(3)4)43(26)49-45(52)33-18-15-30-31-16-19-35-40-36(48(55)50(47(35)54)44-28(24(5)6)13-10-14-29(44)25(7)8)21-37(51(56)57)41(42(31)40)32-17-20-34(46(49)53)39(33)38(30)32/h9-25H,1-8H3. The monoisotopic (exact) mass is 755 g/mol. The van der Waals surface area contributed by atoms with Gasteiger partial charge < -0.3 is 0 Å². The highest BCUT2D eigenvalue weighted by Gasteiger charge is 2.42. The third kappa shape index (κ3) is 4.81. The van der Waals surface area contributed by atoms with Crippen molar-refractivity contribution >= 4 is 83.8 Å². The predicted octanol–water partition coefficient (Wildman–Crippen LogP) is 11.7. The molecule has 7 aromatic carbocycles. The van der Waals surface area contributed by atoms with E-state index in [1.807, 2.05) is 97.9 Å². The van der Waals surface area contributed by atoms with Gasteiger partial charge in [0.25, 0.3) is 29.3 Å². The van der Waals surface area contributed by atoms with Crippen molar-refractivity contribution in [2.45, 2.75) is 79.1 Å². The maximum Gasteiger partial charge on any atom is 0.278 e. The molecule has 7 aromatic rings. The number of carbonyl (C=O) groups is 4. The summed E-state index contributed by atoms with van der Waals surface area (Å²) in [5, 5.41) is 16.9. The Labute approximate surface area is 329 Å². The fourth-order valence-electron chi connectivity index (χ4n) is 9.44. The average molecular weight is 756 g/mol. The Bertz CT molecular complexity index is 2920. The lowest BCUT2D eigenvalue weighted by atomic mass is 9.81. The zero-order chi connectivity index (χ0) is 40.5. The van der Waals surface area contributed by atoms with Crippen LogP contribution in [0.2, 0.25) is 0 Å². The Balaban J connectivity index is 1.34. The van der Waals surface area contributed by atoms with Gasteiger partial charge in [-0.3, -0.25) is 29.3 Å². The molecule has 0 N–H and O–H groups in total. The van der Waals surface area contributed by atoms with Crippen LogP contribution in [0.25, 0.3) is 43.1 Å². The zero-order valence-corrected chi connectivity index (χ0v) is 33.1. The molecule has 0 unspecified atom stereocenters. The highest BCUT2D eigenvalue weighted by molar-refractivity contribution is 6.46. The number of rotatable bonds is 7. The molecule has 9 nitrogen and oxygen atoms in total. The number of para-hydroxylation sites is 2. The van der Waals surface area contributed by atoms with Crippen LogP contribution in [0.15, 0.2) is 78.9 Å². The average Bonchev–Trinajstić information content (AvgIpc) is 3.17. The molecule has 284 valence electrons. The van der Waals surface area contributed by atoms with Gasteiger partial charge in [-0.2, -0.15) is 0 Å². The number of nitro groups is 1. The summed E-state index contributed by atoms with van der Waals surface area (Å²) >= 11 is 0. The first-order valence-corrected chi connectivity index (χ1v) is 19.6. The highest BCUT2D eigenvalue weighted by atomic mass is 16.6. The van der Waals surface area contributed by atoms with Crippen molar-refractivity contribution in [3.8, 4) is 0 Å². The molecular weight excluding hydrogens is 715 g/mol. The quantitative estimate of drug-likeness (QED) is 0.0525. The van der Waals surface area contributed by atoms with Crippen LogP contribution < -0.4 is 9.80 Å². The van der Waals surface area contributed by atoms with Crippen LogP contribution in [-0.4, -0.2) is 28.6 Å². The summed E-state index contributed by atoms with van der Waals surface area (Å²) < 4.78 is 0. The summed E-state index contributed by atoms with van der Waals surface area (Å²) in [7, 11) is 0. The Morgan fingerprint density at radius 3 is 1.18 bits per heavy atom. The molecule has 0 fully saturated rings. The largest absolute Gasteiger partial charge is 0.278 e. The number of hydrogen-bond donors (Lipinski definition) is 0. The van der Waals surface area contributed by atoms with Crippen molar-refractivity contribution in [1.29, 1.82) is 0 Å². The molecule has 9 heteroatoms. The van der Waals surface area contributed by atoms with Crippen molar-refractivity contribution < 1.29 is 24.1 Å². The van der Waals surface area contributed by atoms with Crippen LogP contribution in [0.5, 0.6) is 0 Å². The number of hydrogen-bond acceptors (Lipinski definition) is 6. The number of nitro benzene ring substituents is 1. The van der Waals surface area contributed by atoms with Gasteiger partial charge in [-0.05, 0) is 85.7 Å². The Morgan fingerprint density at radius 2 is 0.789 bits per heavy atom. The normalized spacial score (nSPS) is 14.5. The summed E-state index contributed by atoms with van der Waals surface area (Å²) in [5.41, 5.74) is 5.23. The molecule has 9 rings (SSSR count). The summed E-state index contributed by atoms with van der Waals surface area (Å²) in [6, 6.07) is 23.3. The van der Waals surface area contributed by atoms with E-state index in [2.05, 4.69) is 0 Å². The topological polar surface area (TPSA) is 118 Å². The van der Waals surface area contributed by atoms with E-state index in [4.69, 9.17) is 0 Å². The molecule has 0 spiro atoms. The SMILES string of the molecule is CC(C)c1cccc(C(C)C)c1N1C(=O)c2ccc3c4ccc5c6c(cc([N+](=O)[O-])c(c7ccc(c2c37)C1=O)c64)C(=O)N(c1c(C(C)C)cccc1C(C)C)C5=O. The number of nitrogens with zero attached hydrogens (tertiary/aromatic N) is 3. The Kier molecular flexibility index (Phi) is 7.94. The van der Waals surface area contributed by atoms with Crippen molar-refractivity contribution in [1.82, 2.24) is 0 Å². The van der Waals surface area contributed by atoms with Crippen LogP contribution in [0.4, 0.5) is 17.1 Å². The fourth-order valence-corrected chi connectivity index (χ4v) is 9.44. The molecule has 2 aliphatic heterocycles. The third-order valence-corrected chi connectivity index (χ3v) is 12.0. The second-order valence-corrected chi connectivity index (χ2v) is 16.6. The molecule has 2 heterocycles. The Morgan fingerprint density at radius 1 is 0.439 bits per heavy atom. The predicted molar refractivity (Wildman–Crippen MR) is 226 cm³/mol. The first kappa shape index (κ1) is 36.2. The number of imide groups is 2. The summed E-state index contributed by atoms with van der Waals surface area (Å²) in [4.78, 5) is 74.1. The van der Waals surface area contributed by atoms with Crippen molar-refractivity contribution in [2.75, 3.05) is 9.80 Å². The molecule has 0 aromatic heterocycles. The van der Waals surface area contributed by atoms with Gasteiger partial charge in [0.1, 0.15) is 0 Å². The number of carbonyl (C=O) groups excluding carboxylic acids is 4. The van der Waals surface area contributed by atoms with Gasteiger partial charge in [0, 0.05) is 38.9 Å². The molecule has 2 aliphatic rings. The molecule has 0 radical (unpaired) electrons. The summed E-state index contributed by atoms with van der Waals surface area (Å²) in [6.07, 6.45) is 0. The molecule has 0 saturated heterocycles. The van der Waals surface area contributed by atoms with Crippen LogP contribution >= 0.6 is 0 Å². The highest BCUT2D eigenvalue weighted by Crippen LogP contribution is 2.51. The number of benzene rings is 7. The van der Waals surface area contributed by atoms with Gasteiger partial charge in [0.05, 0.1) is 27.2 Å². The second kappa shape index (κ2) is 12.5. The lowest BCUT2D eigenvalue weighted by molar-refractivity contribution is -0.383. The molecule has 57 heavy (non-hydrogen) atoms. The summed E-state index contributed by atoms with van der Waals surface area (Å²) in [5.74, 6) is -2.01. The molecular formula is C48H41N3O6. The lowest BCUT2D eigenvalue weighted by Gasteiger charge is -2.33. The lowest BCUT2D eigenvalue weighted by Crippen LogP contribution is -2.42. The van der Waals surface area contributed by atoms with E-state index in [1.165, 1.54) is 15.9 Å². The van der Waals surface area contributed by atoms with Crippen molar-refractivity contribution in [2.24, 2.45) is 0 Å². The van der Waals surface area contributed by atoms with E-state index >= 15 is 0 Å². The second-order valence-electron chi connectivity index (χ2n) is 16.6. The summed E-state index contributed by atoms with van der Waals surface area (Å²) in [6.45, 7) is 16.2. The van der Waals surface area contributed by atoms with Gasteiger partial charge in [-0.1, -0.05) is 110 Å². The van der Waals surface area contributed by atoms with Gasteiger partial charge in [-0.25, -0.2) is 9.80 Å². The van der Waals surface area contributed by atoms with E-state index in [0.29, 0.717) is 60.2 Å². The van der Waals surface area contributed by atoms with E-state index in [0.717, 1.165) is 22.3 Å².